The molecule has 0 heterocycles. The monoisotopic (exact) mass is 218 g/mol. The van der Waals surface area contributed by atoms with E-state index in [-0.39, 0.29) is 0 Å². The van der Waals surface area contributed by atoms with E-state index in [4.69, 9.17) is 4.74 Å². The molecule has 1 aromatic carbocycles. The molecule has 1 saturated carbocycles. The number of ether oxygens (including phenoxy) is 1. The minimum atomic E-state index is -0.440. The van der Waals surface area contributed by atoms with Gasteiger partial charge in [0.2, 0.25) is 0 Å². The molecular formula is C13H16NO2. The van der Waals surface area contributed by atoms with Gasteiger partial charge in [-0.2, -0.15) is 0 Å². The van der Waals surface area contributed by atoms with E-state index in [1.54, 1.807) is 0 Å². The summed E-state index contributed by atoms with van der Waals surface area (Å²) in [6, 6.07) is 9.64. The predicted molar refractivity (Wildman–Crippen MR) is 61.0 cm³/mol. The third-order valence-electron chi connectivity index (χ3n) is 2.68. The lowest BCUT2D eigenvalue weighted by Gasteiger charge is -2.04. The van der Waals surface area contributed by atoms with Crippen molar-refractivity contribution in [1.82, 2.24) is 5.32 Å². The number of benzene rings is 1. The van der Waals surface area contributed by atoms with Gasteiger partial charge in [0.1, 0.15) is 6.61 Å². The fourth-order valence-corrected chi connectivity index (χ4v) is 1.51. The summed E-state index contributed by atoms with van der Waals surface area (Å²) in [6.07, 6.45) is 3.19. The molecule has 85 valence electrons. The van der Waals surface area contributed by atoms with Crippen molar-refractivity contribution in [3.05, 3.63) is 35.9 Å². The lowest BCUT2D eigenvalue weighted by Crippen LogP contribution is -2.18. The molecule has 0 aliphatic heterocycles. The Morgan fingerprint density at radius 3 is 2.75 bits per heavy atom. The standard InChI is InChI=1S/C13H16NO2/c15-13(14-9-8-11-6-7-11)16-10-12-4-2-1-3-5-12/h1-5,11H,6-10H2. The molecule has 3 heteroatoms. The summed E-state index contributed by atoms with van der Waals surface area (Å²) in [5.41, 5.74) is 0.994. The maximum atomic E-state index is 11.2. The highest BCUT2D eigenvalue weighted by Gasteiger charge is 2.21. The average molecular weight is 218 g/mol. The Labute approximate surface area is 95.8 Å². The van der Waals surface area contributed by atoms with Gasteiger partial charge < -0.3 is 4.74 Å². The zero-order valence-corrected chi connectivity index (χ0v) is 9.26. The molecule has 1 fully saturated rings. The van der Waals surface area contributed by atoms with E-state index in [9.17, 15) is 4.79 Å². The number of carbonyl (C=O) groups excluding carboxylic acids is 1. The maximum absolute atomic E-state index is 11.2. The van der Waals surface area contributed by atoms with Crippen molar-refractivity contribution in [2.75, 3.05) is 6.54 Å². The van der Waals surface area contributed by atoms with E-state index in [1.807, 2.05) is 30.3 Å². The Hall–Kier alpha value is -1.51. The van der Waals surface area contributed by atoms with Gasteiger partial charge in [-0.1, -0.05) is 43.2 Å². The van der Waals surface area contributed by atoms with Crippen LogP contribution in [-0.4, -0.2) is 12.6 Å². The van der Waals surface area contributed by atoms with Gasteiger partial charge >= 0.3 is 6.09 Å². The van der Waals surface area contributed by atoms with Crippen molar-refractivity contribution in [1.29, 1.82) is 0 Å². The maximum Gasteiger partial charge on any atom is 0.429 e. The van der Waals surface area contributed by atoms with Crippen molar-refractivity contribution in [2.45, 2.75) is 25.9 Å². The molecule has 1 radical (unpaired) electrons. The SMILES string of the molecule is O=C([N]CCC1CC1)OCc1ccccc1. The van der Waals surface area contributed by atoms with Crippen molar-refractivity contribution in [3.63, 3.8) is 0 Å². The van der Waals surface area contributed by atoms with Crippen LogP contribution in [0.3, 0.4) is 0 Å². The summed E-state index contributed by atoms with van der Waals surface area (Å²) in [6.45, 7) is 0.922. The summed E-state index contributed by atoms with van der Waals surface area (Å²) < 4.78 is 5.02. The third kappa shape index (κ3) is 3.93. The molecule has 1 aromatic rings. The van der Waals surface area contributed by atoms with Crippen LogP contribution >= 0.6 is 0 Å². The molecular weight excluding hydrogens is 202 g/mol. The highest BCUT2D eigenvalue weighted by Crippen LogP contribution is 2.31. The number of rotatable bonds is 5. The Morgan fingerprint density at radius 2 is 2.06 bits per heavy atom. The fraction of sp³-hybridized carbons (Fsp3) is 0.462. The second-order valence-electron chi connectivity index (χ2n) is 4.15. The number of hydrogen-bond acceptors (Lipinski definition) is 2. The summed E-state index contributed by atoms with van der Waals surface area (Å²) in [7, 11) is 0. The van der Waals surface area contributed by atoms with E-state index >= 15 is 0 Å². The number of amides is 1. The summed E-state index contributed by atoms with van der Waals surface area (Å²) in [5, 5.41) is 3.86. The first-order valence-corrected chi connectivity index (χ1v) is 5.73. The molecule has 1 aliphatic rings. The van der Waals surface area contributed by atoms with Gasteiger partial charge in [-0.15, -0.1) is 0 Å². The minimum Gasteiger partial charge on any atom is -0.443 e. The van der Waals surface area contributed by atoms with Crippen LogP contribution in [0.4, 0.5) is 4.79 Å². The van der Waals surface area contributed by atoms with Crippen LogP contribution < -0.4 is 5.32 Å². The van der Waals surface area contributed by atoms with E-state index in [0.29, 0.717) is 13.2 Å². The second-order valence-corrected chi connectivity index (χ2v) is 4.15. The summed E-state index contributed by atoms with van der Waals surface area (Å²) >= 11 is 0. The molecule has 0 bridgehead atoms. The fourth-order valence-electron chi connectivity index (χ4n) is 1.51. The first kappa shape index (κ1) is 11.0. The molecule has 0 N–H and O–H groups in total. The van der Waals surface area contributed by atoms with Crippen molar-refractivity contribution in [3.8, 4) is 0 Å². The zero-order valence-electron chi connectivity index (χ0n) is 9.26. The largest absolute Gasteiger partial charge is 0.443 e. The van der Waals surface area contributed by atoms with Crippen LogP contribution in [0.2, 0.25) is 0 Å². The topological polar surface area (TPSA) is 40.4 Å². The molecule has 2 rings (SSSR count). The first-order chi connectivity index (χ1) is 7.84. The molecule has 0 saturated heterocycles. The number of hydrogen-bond donors (Lipinski definition) is 0. The second kappa shape index (κ2) is 5.54. The van der Waals surface area contributed by atoms with Gasteiger partial charge in [-0.3, -0.25) is 0 Å². The lowest BCUT2D eigenvalue weighted by atomic mass is 10.2. The highest BCUT2D eigenvalue weighted by atomic mass is 16.5. The molecule has 0 unspecified atom stereocenters. The van der Waals surface area contributed by atoms with Crippen LogP contribution in [0.1, 0.15) is 24.8 Å². The van der Waals surface area contributed by atoms with Crippen molar-refractivity contribution < 1.29 is 9.53 Å². The first-order valence-electron chi connectivity index (χ1n) is 5.73. The van der Waals surface area contributed by atoms with E-state index < -0.39 is 6.09 Å². The van der Waals surface area contributed by atoms with Crippen LogP contribution in [0.15, 0.2) is 30.3 Å². The summed E-state index contributed by atoms with van der Waals surface area (Å²) in [5.74, 6) is 0.811. The number of carbonyl (C=O) groups is 1. The molecule has 0 spiro atoms. The average Bonchev–Trinajstić information content (AvgIpc) is 3.12. The molecule has 3 nitrogen and oxygen atoms in total. The molecule has 0 atom stereocenters. The van der Waals surface area contributed by atoms with Gasteiger partial charge in [0, 0.05) is 6.54 Å². The van der Waals surface area contributed by atoms with Gasteiger partial charge in [-0.05, 0) is 17.9 Å². The van der Waals surface area contributed by atoms with Gasteiger partial charge in [0.25, 0.3) is 0 Å². The molecule has 0 aromatic heterocycles. The normalized spacial score (nSPS) is 14.5. The third-order valence-corrected chi connectivity index (χ3v) is 2.68. The van der Waals surface area contributed by atoms with Gasteiger partial charge in [0.05, 0.1) is 0 Å². The van der Waals surface area contributed by atoms with E-state index in [1.165, 1.54) is 12.8 Å². The van der Waals surface area contributed by atoms with Crippen LogP contribution in [0.5, 0.6) is 0 Å². The highest BCUT2D eigenvalue weighted by molar-refractivity contribution is 5.66. The minimum absolute atomic E-state index is 0.312. The Kier molecular flexibility index (Phi) is 3.81. The van der Waals surface area contributed by atoms with Gasteiger partial charge in [-0.25, -0.2) is 10.1 Å². The molecule has 1 aliphatic carbocycles. The number of nitrogens with zero attached hydrogens (tertiary/aromatic N) is 1. The quantitative estimate of drug-likeness (QED) is 0.762. The van der Waals surface area contributed by atoms with E-state index in [2.05, 4.69) is 5.32 Å². The predicted octanol–water partition coefficient (Wildman–Crippen LogP) is 2.73. The van der Waals surface area contributed by atoms with Crippen molar-refractivity contribution in [2.24, 2.45) is 5.92 Å². The Balaban J connectivity index is 1.59. The Morgan fingerprint density at radius 1 is 1.31 bits per heavy atom. The smallest absolute Gasteiger partial charge is 0.429 e. The van der Waals surface area contributed by atoms with Crippen LogP contribution in [0, 0.1) is 5.92 Å². The molecule has 1 amide bonds. The lowest BCUT2D eigenvalue weighted by molar-refractivity contribution is 0.138. The Bertz CT molecular complexity index is 333. The summed E-state index contributed by atoms with van der Waals surface area (Å²) in [4.78, 5) is 11.2. The van der Waals surface area contributed by atoms with Crippen LogP contribution in [0.25, 0.3) is 0 Å². The molecule has 16 heavy (non-hydrogen) atoms. The van der Waals surface area contributed by atoms with Gasteiger partial charge in [0.15, 0.2) is 0 Å². The zero-order chi connectivity index (χ0) is 11.2. The van der Waals surface area contributed by atoms with Crippen molar-refractivity contribution >= 4 is 6.09 Å². The van der Waals surface area contributed by atoms with Crippen LogP contribution in [-0.2, 0) is 11.3 Å². The van der Waals surface area contributed by atoms with E-state index in [0.717, 1.165) is 17.9 Å².